The highest BCUT2D eigenvalue weighted by molar-refractivity contribution is 5.84. The van der Waals surface area contributed by atoms with E-state index in [2.05, 4.69) is 20.9 Å². The largest absolute Gasteiger partial charge is 0.359 e. The lowest BCUT2D eigenvalue weighted by Crippen LogP contribution is -2.46. The molecule has 0 atom stereocenters. The Bertz CT molecular complexity index is 247. The van der Waals surface area contributed by atoms with Crippen LogP contribution in [0.15, 0.2) is 4.99 Å². The molecule has 1 rings (SSSR count). The number of rotatable bonds is 3. The molecule has 0 radical (unpaired) electrons. The number of aliphatic imine (C=N–C) groups is 1. The smallest absolute Gasteiger partial charge is 0.227 e. The van der Waals surface area contributed by atoms with Crippen LogP contribution in [0.1, 0.15) is 13.8 Å². The van der Waals surface area contributed by atoms with Gasteiger partial charge in [-0.15, -0.1) is 0 Å². The third kappa shape index (κ3) is 2.61. The molecule has 3 N–H and O–H groups in total. The quantitative estimate of drug-likeness (QED) is 0.562. The maximum absolute atomic E-state index is 11.4. The summed E-state index contributed by atoms with van der Waals surface area (Å²) in [5, 5.41) is 8.85. The van der Waals surface area contributed by atoms with Crippen LogP contribution in [-0.4, -0.2) is 38.5 Å². The highest BCUT2D eigenvalue weighted by atomic mass is 16.2. The van der Waals surface area contributed by atoms with Gasteiger partial charge in [0.25, 0.3) is 0 Å². The highest BCUT2D eigenvalue weighted by Gasteiger charge is 2.26. The molecule has 0 aromatic heterocycles. The zero-order chi connectivity index (χ0) is 10.6. The van der Waals surface area contributed by atoms with E-state index in [1.807, 2.05) is 13.8 Å². The molecule has 5 nitrogen and oxygen atoms in total. The Morgan fingerprint density at radius 2 is 2.36 bits per heavy atom. The number of hydrogen-bond donors (Lipinski definition) is 3. The van der Waals surface area contributed by atoms with E-state index in [0.29, 0.717) is 6.54 Å². The second kappa shape index (κ2) is 4.30. The van der Waals surface area contributed by atoms with E-state index in [1.54, 1.807) is 7.05 Å². The fourth-order valence-corrected chi connectivity index (χ4v) is 1.24. The van der Waals surface area contributed by atoms with Gasteiger partial charge >= 0.3 is 0 Å². The summed E-state index contributed by atoms with van der Waals surface area (Å²) < 4.78 is 0. The summed E-state index contributed by atoms with van der Waals surface area (Å²) >= 11 is 0. The van der Waals surface area contributed by atoms with E-state index < -0.39 is 5.41 Å². The van der Waals surface area contributed by atoms with Crippen molar-refractivity contribution in [3.05, 3.63) is 0 Å². The van der Waals surface area contributed by atoms with Crippen molar-refractivity contribution in [2.45, 2.75) is 13.8 Å². The van der Waals surface area contributed by atoms with Crippen LogP contribution in [0.3, 0.4) is 0 Å². The molecule has 1 aliphatic heterocycles. The number of carbonyl (C=O) groups is 1. The van der Waals surface area contributed by atoms with E-state index in [9.17, 15) is 4.79 Å². The Morgan fingerprint density at radius 3 is 2.86 bits per heavy atom. The minimum atomic E-state index is -0.415. The molecule has 0 saturated carbocycles. The molecular formula is C9H18N4O. The molecule has 1 aliphatic rings. The number of nitrogens with zero attached hydrogens (tertiary/aromatic N) is 1. The van der Waals surface area contributed by atoms with Gasteiger partial charge in [0.15, 0.2) is 5.96 Å². The molecule has 80 valence electrons. The maximum atomic E-state index is 11.4. The fourth-order valence-electron chi connectivity index (χ4n) is 1.24. The standard InChI is InChI=1S/C9H18N4O/c1-9(2,7(14)10-3)6-13-8-11-4-5-12-8/h4-6H2,1-3H3,(H,10,14)(H2,11,12,13). The molecule has 0 aromatic rings. The number of carbonyl (C=O) groups excluding carboxylic acids is 1. The van der Waals surface area contributed by atoms with Crippen molar-refractivity contribution in [3.8, 4) is 0 Å². The molecule has 5 heteroatoms. The molecule has 14 heavy (non-hydrogen) atoms. The summed E-state index contributed by atoms with van der Waals surface area (Å²) in [6.45, 7) is 6.06. The Hall–Kier alpha value is -1.26. The SMILES string of the molecule is CNC(=O)C(C)(C)CNC1=NCCN1. The van der Waals surface area contributed by atoms with Crippen LogP contribution in [0, 0.1) is 5.41 Å². The number of amides is 1. The van der Waals surface area contributed by atoms with Gasteiger partial charge in [0.05, 0.1) is 12.0 Å². The highest BCUT2D eigenvalue weighted by Crippen LogP contribution is 2.12. The van der Waals surface area contributed by atoms with Crippen LogP contribution in [0.4, 0.5) is 0 Å². The second-order valence-corrected chi connectivity index (χ2v) is 3.97. The van der Waals surface area contributed by atoms with Crippen molar-refractivity contribution in [1.82, 2.24) is 16.0 Å². The van der Waals surface area contributed by atoms with Gasteiger partial charge < -0.3 is 16.0 Å². The summed E-state index contributed by atoms with van der Waals surface area (Å²) in [4.78, 5) is 15.6. The van der Waals surface area contributed by atoms with Crippen molar-refractivity contribution < 1.29 is 4.79 Å². The summed E-state index contributed by atoms with van der Waals surface area (Å²) in [7, 11) is 1.65. The molecule has 0 fully saturated rings. The Balaban J connectivity index is 2.39. The number of hydrogen-bond acceptors (Lipinski definition) is 4. The lowest BCUT2D eigenvalue weighted by molar-refractivity contribution is -0.128. The summed E-state index contributed by atoms with van der Waals surface area (Å²) in [6, 6.07) is 0. The zero-order valence-electron chi connectivity index (χ0n) is 8.98. The van der Waals surface area contributed by atoms with Crippen molar-refractivity contribution in [1.29, 1.82) is 0 Å². The van der Waals surface area contributed by atoms with Gasteiger partial charge in [-0.25, -0.2) is 0 Å². The third-order valence-electron chi connectivity index (χ3n) is 2.21. The first-order valence-electron chi connectivity index (χ1n) is 4.80. The van der Waals surface area contributed by atoms with Crippen LogP contribution in [-0.2, 0) is 4.79 Å². The molecule has 0 spiro atoms. The number of guanidine groups is 1. The summed E-state index contributed by atoms with van der Waals surface area (Å²) in [5.74, 6) is 0.825. The Labute approximate surface area is 84.4 Å². The van der Waals surface area contributed by atoms with Crippen LogP contribution in [0.2, 0.25) is 0 Å². The van der Waals surface area contributed by atoms with Crippen LogP contribution in [0.5, 0.6) is 0 Å². The van der Waals surface area contributed by atoms with Gasteiger partial charge in [0, 0.05) is 20.1 Å². The van der Waals surface area contributed by atoms with Gasteiger partial charge in [-0.3, -0.25) is 9.79 Å². The summed E-state index contributed by atoms with van der Waals surface area (Å²) in [5.41, 5.74) is -0.415. The van der Waals surface area contributed by atoms with Gasteiger partial charge in [0.1, 0.15) is 0 Å². The van der Waals surface area contributed by atoms with E-state index >= 15 is 0 Å². The molecule has 0 saturated heterocycles. The lowest BCUT2D eigenvalue weighted by atomic mass is 9.92. The van der Waals surface area contributed by atoms with Crippen molar-refractivity contribution >= 4 is 11.9 Å². The van der Waals surface area contributed by atoms with Crippen LogP contribution < -0.4 is 16.0 Å². The van der Waals surface area contributed by atoms with Crippen molar-refractivity contribution in [2.24, 2.45) is 10.4 Å². The third-order valence-corrected chi connectivity index (χ3v) is 2.21. The topological polar surface area (TPSA) is 65.5 Å². The Morgan fingerprint density at radius 1 is 1.64 bits per heavy atom. The normalized spacial score (nSPS) is 15.8. The van der Waals surface area contributed by atoms with Gasteiger partial charge in [-0.2, -0.15) is 0 Å². The predicted molar refractivity (Wildman–Crippen MR) is 56.2 cm³/mol. The first-order valence-corrected chi connectivity index (χ1v) is 4.80. The lowest BCUT2D eigenvalue weighted by Gasteiger charge is -2.23. The second-order valence-electron chi connectivity index (χ2n) is 3.97. The molecule has 1 heterocycles. The van der Waals surface area contributed by atoms with E-state index in [-0.39, 0.29) is 5.91 Å². The molecule has 0 unspecified atom stereocenters. The molecule has 0 aromatic carbocycles. The van der Waals surface area contributed by atoms with Crippen LogP contribution in [0.25, 0.3) is 0 Å². The predicted octanol–water partition coefficient (Wildman–Crippen LogP) is -0.693. The average molecular weight is 198 g/mol. The molecule has 0 aliphatic carbocycles. The first kappa shape index (κ1) is 10.8. The summed E-state index contributed by atoms with van der Waals surface area (Å²) in [6.07, 6.45) is 0. The maximum Gasteiger partial charge on any atom is 0.227 e. The monoisotopic (exact) mass is 198 g/mol. The minimum absolute atomic E-state index is 0.0311. The van der Waals surface area contributed by atoms with E-state index in [4.69, 9.17) is 0 Å². The first-order chi connectivity index (χ1) is 6.56. The number of nitrogens with one attached hydrogen (secondary N) is 3. The van der Waals surface area contributed by atoms with Crippen LogP contribution >= 0.6 is 0 Å². The van der Waals surface area contributed by atoms with E-state index in [1.165, 1.54) is 0 Å². The zero-order valence-corrected chi connectivity index (χ0v) is 8.98. The molecule has 0 bridgehead atoms. The fraction of sp³-hybridized carbons (Fsp3) is 0.778. The average Bonchev–Trinajstić information content (AvgIpc) is 2.66. The molecular weight excluding hydrogens is 180 g/mol. The minimum Gasteiger partial charge on any atom is -0.359 e. The van der Waals surface area contributed by atoms with E-state index in [0.717, 1.165) is 19.0 Å². The van der Waals surface area contributed by atoms with Gasteiger partial charge in [0.2, 0.25) is 5.91 Å². The Kier molecular flexibility index (Phi) is 3.33. The van der Waals surface area contributed by atoms with Gasteiger partial charge in [-0.1, -0.05) is 0 Å². The molecule has 1 amide bonds. The van der Waals surface area contributed by atoms with Crippen molar-refractivity contribution in [2.75, 3.05) is 26.7 Å². The van der Waals surface area contributed by atoms with Gasteiger partial charge in [-0.05, 0) is 13.8 Å². The van der Waals surface area contributed by atoms with Crippen molar-refractivity contribution in [3.63, 3.8) is 0 Å².